The first-order chi connectivity index (χ1) is 8.69. The topological polar surface area (TPSA) is 58.6 Å². The van der Waals surface area contributed by atoms with E-state index in [4.69, 9.17) is 5.11 Å². The molecule has 0 fully saturated rings. The average molecular weight is 277 g/mol. The van der Waals surface area contributed by atoms with E-state index in [-0.39, 0.29) is 11.7 Å². The van der Waals surface area contributed by atoms with Gasteiger partial charge in [0.2, 0.25) is 0 Å². The summed E-state index contributed by atoms with van der Waals surface area (Å²) >= 11 is 0. The van der Waals surface area contributed by atoms with Gasteiger partial charge in [-0.15, -0.1) is 13.2 Å². The summed E-state index contributed by atoms with van der Waals surface area (Å²) in [6.07, 6.45) is -4.74. The van der Waals surface area contributed by atoms with Crippen LogP contribution in [0.25, 0.3) is 0 Å². The van der Waals surface area contributed by atoms with E-state index in [0.29, 0.717) is 5.69 Å². The molecule has 0 aromatic heterocycles. The Kier molecular flexibility index (Phi) is 4.63. The van der Waals surface area contributed by atoms with Crippen LogP contribution in [0.3, 0.4) is 0 Å². The second kappa shape index (κ2) is 5.81. The first-order valence-electron chi connectivity index (χ1n) is 5.54. The van der Waals surface area contributed by atoms with Crippen molar-refractivity contribution < 1.29 is 27.8 Å². The van der Waals surface area contributed by atoms with E-state index in [9.17, 15) is 18.0 Å². The molecule has 0 aliphatic carbocycles. The smallest absolute Gasteiger partial charge is 0.480 e. The number of carbonyl (C=O) groups is 1. The number of hydrogen-bond donors (Lipinski definition) is 2. The third-order valence-corrected chi connectivity index (χ3v) is 2.34. The van der Waals surface area contributed by atoms with Gasteiger partial charge in [0, 0.05) is 5.69 Å². The van der Waals surface area contributed by atoms with E-state index in [0.717, 1.165) is 12.1 Å². The van der Waals surface area contributed by atoms with Gasteiger partial charge < -0.3 is 15.2 Å². The van der Waals surface area contributed by atoms with Crippen LogP contribution in [0.4, 0.5) is 18.9 Å². The van der Waals surface area contributed by atoms with E-state index in [1.165, 1.54) is 12.1 Å². The Bertz CT molecular complexity index is 429. The molecule has 0 amide bonds. The zero-order valence-corrected chi connectivity index (χ0v) is 10.4. The molecule has 1 rings (SSSR count). The van der Waals surface area contributed by atoms with Gasteiger partial charge in [-0.25, -0.2) is 4.79 Å². The van der Waals surface area contributed by atoms with Crippen molar-refractivity contribution in [3.05, 3.63) is 24.3 Å². The fourth-order valence-corrected chi connectivity index (χ4v) is 1.45. The maximum Gasteiger partial charge on any atom is 0.573 e. The summed E-state index contributed by atoms with van der Waals surface area (Å²) in [6, 6.07) is 4.09. The Morgan fingerprint density at radius 1 is 1.26 bits per heavy atom. The average Bonchev–Trinajstić information content (AvgIpc) is 2.25. The minimum Gasteiger partial charge on any atom is -0.480 e. The minimum atomic E-state index is -4.74. The van der Waals surface area contributed by atoms with Gasteiger partial charge in [0.25, 0.3) is 0 Å². The molecule has 0 heterocycles. The number of nitrogens with one attached hydrogen (secondary N) is 1. The van der Waals surface area contributed by atoms with Gasteiger partial charge in [-0.2, -0.15) is 0 Å². The van der Waals surface area contributed by atoms with Crippen molar-refractivity contribution in [1.82, 2.24) is 0 Å². The van der Waals surface area contributed by atoms with Crippen molar-refractivity contribution >= 4 is 11.7 Å². The van der Waals surface area contributed by atoms with E-state index >= 15 is 0 Å². The highest BCUT2D eigenvalue weighted by atomic mass is 19.4. The summed E-state index contributed by atoms with van der Waals surface area (Å²) in [5, 5.41) is 11.7. The molecule has 0 bridgehead atoms. The molecule has 1 atom stereocenters. The molecular weight excluding hydrogens is 263 g/mol. The number of halogens is 3. The lowest BCUT2D eigenvalue weighted by Crippen LogP contribution is -2.34. The first-order valence-corrected chi connectivity index (χ1v) is 5.54. The number of aliphatic carboxylic acids is 1. The van der Waals surface area contributed by atoms with Crippen molar-refractivity contribution in [1.29, 1.82) is 0 Å². The minimum absolute atomic E-state index is 0.163. The van der Waals surface area contributed by atoms with Gasteiger partial charge >= 0.3 is 12.3 Å². The largest absolute Gasteiger partial charge is 0.573 e. The number of hydrogen-bond acceptors (Lipinski definition) is 3. The Hall–Kier alpha value is -1.92. The van der Waals surface area contributed by atoms with Gasteiger partial charge in [0.05, 0.1) is 0 Å². The van der Waals surface area contributed by atoms with Crippen LogP contribution < -0.4 is 10.1 Å². The molecule has 7 heteroatoms. The monoisotopic (exact) mass is 277 g/mol. The number of benzene rings is 1. The number of ether oxygens (including phenoxy) is 1. The summed E-state index contributed by atoms with van der Waals surface area (Å²) in [5.41, 5.74) is 0.413. The van der Waals surface area contributed by atoms with Crippen LogP contribution in [0.15, 0.2) is 24.3 Å². The highest BCUT2D eigenvalue weighted by Crippen LogP contribution is 2.24. The molecule has 0 aliphatic rings. The van der Waals surface area contributed by atoms with Crippen LogP contribution in [0.2, 0.25) is 0 Å². The molecule has 0 spiro atoms. The zero-order valence-electron chi connectivity index (χ0n) is 10.4. The number of rotatable bonds is 5. The molecule has 0 saturated heterocycles. The second-order valence-corrected chi connectivity index (χ2v) is 4.28. The molecule has 106 valence electrons. The summed E-state index contributed by atoms with van der Waals surface area (Å²) in [5.74, 6) is -1.54. The lowest BCUT2D eigenvalue weighted by atomic mass is 10.0. The molecular formula is C12H14F3NO3. The maximum absolute atomic E-state index is 11.9. The quantitative estimate of drug-likeness (QED) is 0.868. The standard InChI is InChI=1S/C12H14F3NO3/c1-7(2)10(11(17)18)16-8-3-5-9(6-4-8)19-12(13,14)15/h3-7,10,16H,1-2H3,(H,17,18)/t10-/m0/s1. The van der Waals surface area contributed by atoms with Crippen molar-refractivity contribution in [3.8, 4) is 5.75 Å². The summed E-state index contributed by atoms with van der Waals surface area (Å²) in [7, 11) is 0. The molecule has 0 radical (unpaired) electrons. The molecule has 1 aromatic carbocycles. The Morgan fingerprint density at radius 2 is 1.79 bits per heavy atom. The van der Waals surface area contributed by atoms with Crippen LogP contribution in [0.5, 0.6) is 5.75 Å². The SMILES string of the molecule is CC(C)[C@H](Nc1ccc(OC(F)(F)F)cc1)C(=O)O. The van der Waals surface area contributed by atoms with E-state index in [2.05, 4.69) is 10.1 Å². The third kappa shape index (κ3) is 5.07. The lowest BCUT2D eigenvalue weighted by molar-refractivity contribution is -0.274. The van der Waals surface area contributed by atoms with Crippen molar-refractivity contribution in [2.45, 2.75) is 26.3 Å². The molecule has 0 unspecified atom stereocenters. The van der Waals surface area contributed by atoms with Crippen LogP contribution in [0.1, 0.15) is 13.8 Å². The number of carboxylic acids is 1. The van der Waals surface area contributed by atoms with Gasteiger partial charge in [0.1, 0.15) is 11.8 Å². The summed E-state index contributed by atoms with van der Waals surface area (Å²) in [4.78, 5) is 11.0. The van der Waals surface area contributed by atoms with Gasteiger partial charge in [-0.05, 0) is 30.2 Å². The molecule has 0 aliphatic heterocycles. The molecule has 19 heavy (non-hydrogen) atoms. The van der Waals surface area contributed by atoms with Gasteiger partial charge in [0.15, 0.2) is 0 Å². The number of carboxylic acid groups (broad SMARTS) is 1. The molecule has 2 N–H and O–H groups in total. The maximum atomic E-state index is 11.9. The molecule has 4 nitrogen and oxygen atoms in total. The Morgan fingerprint density at radius 3 is 2.16 bits per heavy atom. The highest BCUT2D eigenvalue weighted by molar-refractivity contribution is 5.77. The highest BCUT2D eigenvalue weighted by Gasteiger charge is 2.31. The summed E-state index contributed by atoms with van der Waals surface area (Å²) < 4.78 is 39.6. The van der Waals surface area contributed by atoms with E-state index < -0.39 is 18.4 Å². The van der Waals surface area contributed by atoms with Gasteiger partial charge in [-0.3, -0.25) is 0 Å². The van der Waals surface area contributed by atoms with E-state index in [1.807, 2.05) is 0 Å². The van der Waals surface area contributed by atoms with Crippen LogP contribution in [-0.2, 0) is 4.79 Å². The van der Waals surface area contributed by atoms with Crippen molar-refractivity contribution in [3.63, 3.8) is 0 Å². The molecule has 0 saturated carbocycles. The van der Waals surface area contributed by atoms with Crippen molar-refractivity contribution in [2.24, 2.45) is 5.92 Å². The number of alkyl halides is 3. The predicted molar refractivity (Wildman–Crippen MR) is 63.0 cm³/mol. The molecule has 1 aromatic rings. The van der Waals surface area contributed by atoms with Crippen LogP contribution in [-0.4, -0.2) is 23.5 Å². The third-order valence-electron chi connectivity index (χ3n) is 2.34. The lowest BCUT2D eigenvalue weighted by Gasteiger charge is -2.19. The van der Waals surface area contributed by atoms with E-state index in [1.54, 1.807) is 13.8 Å². The normalized spacial score (nSPS) is 13.2. The van der Waals surface area contributed by atoms with Crippen LogP contribution >= 0.6 is 0 Å². The number of anilines is 1. The Labute approximate surface area is 108 Å². The van der Waals surface area contributed by atoms with Gasteiger partial charge in [-0.1, -0.05) is 13.8 Å². The fourth-order valence-electron chi connectivity index (χ4n) is 1.45. The summed E-state index contributed by atoms with van der Waals surface area (Å²) in [6.45, 7) is 3.46. The van der Waals surface area contributed by atoms with Crippen molar-refractivity contribution in [2.75, 3.05) is 5.32 Å². The van der Waals surface area contributed by atoms with Crippen LogP contribution in [0, 0.1) is 5.92 Å². The first kappa shape index (κ1) is 15.1. The second-order valence-electron chi connectivity index (χ2n) is 4.28. The predicted octanol–water partition coefficient (Wildman–Crippen LogP) is 3.11. The zero-order chi connectivity index (χ0) is 14.6. The fraction of sp³-hybridized carbons (Fsp3) is 0.417. The Balaban J connectivity index is 2.74.